The molecular formula is C9H12BrClN2S. The van der Waals surface area contributed by atoms with Crippen molar-refractivity contribution < 1.29 is 0 Å². The molecule has 0 aromatic carbocycles. The highest BCUT2D eigenvalue weighted by Crippen LogP contribution is 2.22. The fourth-order valence-corrected chi connectivity index (χ4v) is 2.18. The number of halogens is 2. The zero-order valence-electron chi connectivity index (χ0n) is 7.89. The molecule has 1 aromatic heterocycles. The van der Waals surface area contributed by atoms with Gasteiger partial charge in [0.05, 0.1) is 9.50 Å². The highest BCUT2D eigenvalue weighted by atomic mass is 79.9. The maximum absolute atomic E-state index is 5.78. The van der Waals surface area contributed by atoms with Gasteiger partial charge in [-0.3, -0.25) is 0 Å². The lowest BCUT2D eigenvalue weighted by molar-refractivity contribution is 0.980. The van der Waals surface area contributed by atoms with Gasteiger partial charge in [-0.05, 0) is 40.4 Å². The van der Waals surface area contributed by atoms with Crippen LogP contribution in [-0.2, 0) is 0 Å². The van der Waals surface area contributed by atoms with Gasteiger partial charge in [-0.15, -0.1) is 0 Å². The third kappa shape index (κ3) is 4.07. The Hall–Kier alpha value is 0.0700. The third-order valence-corrected chi connectivity index (χ3v) is 3.13. The van der Waals surface area contributed by atoms with Crippen molar-refractivity contribution in [1.29, 1.82) is 0 Å². The van der Waals surface area contributed by atoms with Crippen LogP contribution < -0.4 is 5.32 Å². The number of hydrogen-bond donors (Lipinski definition) is 1. The van der Waals surface area contributed by atoms with E-state index in [0.29, 0.717) is 5.02 Å². The molecule has 14 heavy (non-hydrogen) atoms. The van der Waals surface area contributed by atoms with E-state index >= 15 is 0 Å². The summed E-state index contributed by atoms with van der Waals surface area (Å²) in [5.74, 6) is 2.02. The minimum atomic E-state index is 0.645. The Bertz CT molecular complexity index is 296. The summed E-state index contributed by atoms with van der Waals surface area (Å²) in [5.41, 5.74) is 0. The summed E-state index contributed by atoms with van der Waals surface area (Å²) in [6.45, 7) is 0.939. The number of nitrogens with one attached hydrogen (secondary N) is 1. The molecule has 1 rings (SSSR count). The van der Waals surface area contributed by atoms with Crippen LogP contribution in [0.15, 0.2) is 16.7 Å². The van der Waals surface area contributed by atoms with Crippen LogP contribution in [0.2, 0.25) is 5.02 Å². The number of thioether (sulfide) groups is 1. The van der Waals surface area contributed by atoms with Crippen molar-refractivity contribution in [3.63, 3.8) is 0 Å². The van der Waals surface area contributed by atoms with E-state index in [9.17, 15) is 0 Å². The highest BCUT2D eigenvalue weighted by molar-refractivity contribution is 9.10. The van der Waals surface area contributed by atoms with E-state index in [1.807, 2.05) is 17.8 Å². The smallest absolute Gasteiger partial charge is 0.140 e. The molecule has 0 saturated heterocycles. The van der Waals surface area contributed by atoms with Gasteiger partial charge < -0.3 is 5.32 Å². The normalized spacial score (nSPS) is 10.2. The van der Waals surface area contributed by atoms with E-state index in [0.717, 1.165) is 29.0 Å². The second kappa shape index (κ2) is 6.53. The van der Waals surface area contributed by atoms with E-state index in [1.165, 1.54) is 0 Å². The summed E-state index contributed by atoms with van der Waals surface area (Å²) in [6, 6.07) is 1.84. The fraction of sp³-hybridized carbons (Fsp3) is 0.444. The molecule has 0 spiro atoms. The van der Waals surface area contributed by atoms with Gasteiger partial charge in [0.25, 0.3) is 0 Å². The summed E-state index contributed by atoms with van der Waals surface area (Å²) in [6.07, 6.45) is 4.89. The average molecular weight is 296 g/mol. The summed E-state index contributed by atoms with van der Waals surface area (Å²) in [5, 5.41) is 3.89. The van der Waals surface area contributed by atoms with Crippen LogP contribution in [0.1, 0.15) is 6.42 Å². The van der Waals surface area contributed by atoms with Crippen LogP contribution in [0.25, 0.3) is 0 Å². The first-order valence-electron chi connectivity index (χ1n) is 4.28. The Morgan fingerprint density at radius 1 is 1.64 bits per heavy atom. The van der Waals surface area contributed by atoms with E-state index in [-0.39, 0.29) is 0 Å². The van der Waals surface area contributed by atoms with Gasteiger partial charge >= 0.3 is 0 Å². The molecule has 0 aliphatic carbocycles. The van der Waals surface area contributed by atoms with Crippen LogP contribution in [0.5, 0.6) is 0 Å². The summed E-state index contributed by atoms with van der Waals surface area (Å²) in [4.78, 5) is 4.18. The van der Waals surface area contributed by atoms with Crippen LogP contribution in [0, 0.1) is 0 Å². The molecule has 0 aliphatic heterocycles. The van der Waals surface area contributed by atoms with E-state index < -0.39 is 0 Å². The first-order valence-corrected chi connectivity index (χ1v) is 6.84. The summed E-state index contributed by atoms with van der Waals surface area (Å²) >= 11 is 11.0. The second-order valence-corrected chi connectivity index (χ2v) is 5.03. The molecule has 78 valence electrons. The Labute approximate surface area is 102 Å². The van der Waals surface area contributed by atoms with Crippen molar-refractivity contribution in [3.8, 4) is 0 Å². The Morgan fingerprint density at radius 2 is 2.43 bits per heavy atom. The molecule has 1 aromatic rings. The van der Waals surface area contributed by atoms with Crippen LogP contribution in [-0.4, -0.2) is 23.5 Å². The first kappa shape index (κ1) is 12.1. The topological polar surface area (TPSA) is 24.9 Å². The van der Waals surface area contributed by atoms with Gasteiger partial charge in [0.15, 0.2) is 0 Å². The monoisotopic (exact) mass is 294 g/mol. The Morgan fingerprint density at radius 3 is 3.07 bits per heavy atom. The van der Waals surface area contributed by atoms with Crippen LogP contribution in [0.4, 0.5) is 5.82 Å². The number of aromatic nitrogens is 1. The fourth-order valence-electron chi connectivity index (χ4n) is 0.968. The lowest BCUT2D eigenvalue weighted by Gasteiger charge is -2.06. The number of anilines is 1. The molecule has 1 N–H and O–H groups in total. The molecular weight excluding hydrogens is 284 g/mol. The Kier molecular flexibility index (Phi) is 5.67. The lowest BCUT2D eigenvalue weighted by Crippen LogP contribution is -2.04. The predicted octanol–water partition coefficient (Wildman–Crippen LogP) is 3.66. The van der Waals surface area contributed by atoms with Crippen molar-refractivity contribution in [2.75, 3.05) is 23.9 Å². The molecule has 0 amide bonds. The number of hydrogen-bond acceptors (Lipinski definition) is 3. The minimum absolute atomic E-state index is 0.645. The quantitative estimate of drug-likeness (QED) is 0.839. The zero-order valence-corrected chi connectivity index (χ0v) is 11.0. The largest absolute Gasteiger partial charge is 0.369 e. The maximum atomic E-state index is 5.78. The number of pyridine rings is 1. The van der Waals surface area contributed by atoms with E-state index in [4.69, 9.17) is 11.6 Å². The van der Waals surface area contributed by atoms with Crippen molar-refractivity contribution in [3.05, 3.63) is 21.8 Å². The van der Waals surface area contributed by atoms with Gasteiger partial charge in [0, 0.05) is 12.7 Å². The predicted molar refractivity (Wildman–Crippen MR) is 68.4 cm³/mol. The highest BCUT2D eigenvalue weighted by Gasteiger charge is 2.00. The van der Waals surface area contributed by atoms with Gasteiger partial charge in [0.2, 0.25) is 0 Å². The molecule has 0 fully saturated rings. The maximum Gasteiger partial charge on any atom is 0.140 e. The molecule has 0 aliphatic rings. The zero-order chi connectivity index (χ0) is 10.4. The molecule has 0 radical (unpaired) electrons. The first-order chi connectivity index (χ1) is 6.74. The minimum Gasteiger partial charge on any atom is -0.369 e. The second-order valence-electron chi connectivity index (χ2n) is 2.76. The standard InChI is InChI=1S/C9H12BrClN2S/c1-14-4-2-3-12-9-8(10)5-7(11)6-13-9/h5-6H,2-4H2,1H3,(H,12,13). The molecule has 0 saturated carbocycles. The van der Waals surface area contributed by atoms with Gasteiger partial charge in [-0.1, -0.05) is 11.6 Å². The SMILES string of the molecule is CSCCCNc1ncc(Cl)cc1Br. The van der Waals surface area contributed by atoms with Gasteiger partial charge in [-0.25, -0.2) is 4.98 Å². The molecule has 1 heterocycles. The van der Waals surface area contributed by atoms with E-state index in [1.54, 1.807) is 6.20 Å². The van der Waals surface area contributed by atoms with Crippen molar-refractivity contribution in [1.82, 2.24) is 4.98 Å². The lowest BCUT2D eigenvalue weighted by atomic mass is 10.4. The van der Waals surface area contributed by atoms with Crippen LogP contribution in [0.3, 0.4) is 0 Å². The van der Waals surface area contributed by atoms with E-state index in [2.05, 4.69) is 32.5 Å². The summed E-state index contributed by atoms with van der Waals surface area (Å²) < 4.78 is 0.911. The molecule has 5 heteroatoms. The third-order valence-electron chi connectivity index (χ3n) is 1.63. The van der Waals surface area contributed by atoms with Crippen molar-refractivity contribution in [2.24, 2.45) is 0 Å². The molecule has 2 nitrogen and oxygen atoms in total. The molecule has 0 bridgehead atoms. The molecule has 0 unspecified atom stereocenters. The number of rotatable bonds is 5. The molecule has 0 atom stereocenters. The number of nitrogens with zero attached hydrogens (tertiary/aromatic N) is 1. The van der Waals surface area contributed by atoms with Crippen LogP contribution >= 0.6 is 39.3 Å². The summed E-state index contributed by atoms with van der Waals surface area (Å²) in [7, 11) is 0. The van der Waals surface area contributed by atoms with Gasteiger partial charge in [0.1, 0.15) is 5.82 Å². The average Bonchev–Trinajstić information content (AvgIpc) is 2.15. The van der Waals surface area contributed by atoms with Gasteiger partial charge in [-0.2, -0.15) is 11.8 Å². The van der Waals surface area contributed by atoms with Crippen molar-refractivity contribution >= 4 is 45.1 Å². The van der Waals surface area contributed by atoms with Crippen molar-refractivity contribution in [2.45, 2.75) is 6.42 Å². The Balaban J connectivity index is 2.42.